The van der Waals surface area contributed by atoms with E-state index in [-0.39, 0.29) is 29.8 Å². The van der Waals surface area contributed by atoms with Gasteiger partial charge in [0, 0.05) is 36.9 Å². The number of carbonyl (C=O) groups excluding carboxylic acids is 1. The van der Waals surface area contributed by atoms with Crippen molar-refractivity contribution in [3.8, 4) is 16.9 Å². The Morgan fingerprint density at radius 1 is 1.07 bits per heavy atom. The third-order valence-corrected chi connectivity index (χ3v) is 9.29. The van der Waals surface area contributed by atoms with Gasteiger partial charge < -0.3 is 14.2 Å². The first kappa shape index (κ1) is 27.6. The number of rotatable bonds is 7. The number of halogens is 7. The Labute approximate surface area is 226 Å². The first-order valence-corrected chi connectivity index (χ1v) is 13.8. The van der Waals surface area contributed by atoms with Gasteiger partial charge in [0.05, 0.1) is 16.2 Å². The highest BCUT2D eigenvalue weighted by molar-refractivity contribution is 7.90. The highest BCUT2D eigenvalue weighted by atomic mass is 32.2. The molecule has 17 heteroatoms. The summed E-state index contributed by atoms with van der Waals surface area (Å²) in [5, 5.41) is 2.72. The Morgan fingerprint density at radius 2 is 1.76 bits per heavy atom. The predicted molar refractivity (Wildman–Crippen MR) is 128 cm³/mol. The molecule has 2 aliphatic heterocycles. The lowest BCUT2D eigenvalue weighted by Crippen LogP contribution is -2.56. The van der Waals surface area contributed by atoms with Crippen LogP contribution in [0, 0.1) is 17.5 Å². The molecule has 3 heterocycles. The number of nitrogens with zero attached hydrogens (tertiary/aromatic N) is 3. The minimum Gasteiger partial charge on any atom is -0.435 e. The van der Waals surface area contributed by atoms with Crippen molar-refractivity contribution < 1.29 is 53.2 Å². The van der Waals surface area contributed by atoms with Gasteiger partial charge in [0.1, 0.15) is 35.3 Å². The number of benzene rings is 2. The molecule has 3 aromatic rings. The van der Waals surface area contributed by atoms with Crippen LogP contribution in [0.15, 0.2) is 28.8 Å². The molecule has 2 amide bonds. The molecule has 9 nitrogen and oxygen atoms in total. The van der Waals surface area contributed by atoms with Gasteiger partial charge in [-0.2, -0.15) is 8.78 Å². The van der Waals surface area contributed by atoms with Gasteiger partial charge in [-0.1, -0.05) is 5.16 Å². The highest BCUT2D eigenvalue weighted by Gasteiger charge is 2.61. The van der Waals surface area contributed by atoms with Crippen molar-refractivity contribution in [2.45, 2.75) is 49.1 Å². The average Bonchev–Trinajstić information content (AvgIpc) is 3.60. The Bertz CT molecular complexity index is 1640. The van der Waals surface area contributed by atoms with E-state index in [1.54, 1.807) is 0 Å². The molecule has 1 aliphatic carbocycles. The molecule has 0 unspecified atom stereocenters. The lowest BCUT2D eigenvalue weighted by molar-refractivity contribution is -0.0497. The number of hydrogen-bond acceptors (Lipinski definition) is 6. The summed E-state index contributed by atoms with van der Waals surface area (Å²) in [7, 11) is -4.02. The highest BCUT2D eigenvalue weighted by Crippen LogP contribution is 2.45. The maximum Gasteiger partial charge on any atom is 0.387 e. The lowest BCUT2D eigenvalue weighted by atomic mass is 9.99. The van der Waals surface area contributed by atoms with Crippen molar-refractivity contribution in [2.24, 2.45) is 0 Å². The molecular formula is C24H19F7N4O5S. The van der Waals surface area contributed by atoms with Crippen LogP contribution < -0.4 is 14.4 Å². The van der Waals surface area contributed by atoms with E-state index < -0.39 is 86.8 Å². The largest absolute Gasteiger partial charge is 0.435 e. The third kappa shape index (κ3) is 4.64. The molecule has 1 saturated carbocycles. The molecule has 41 heavy (non-hydrogen) atoms. The zero-order valence-electron chi connectivity index (χ0n) is 20.6. The molecule has 0 spiro atoms. The van der Waals surface area contributed by atoms with Crippen LogP contribution in [-0.4, -0.2) is 67.5 Å². The van der Waals surface area contributed by atoms with Crippen LogP contribution in [0.1, 0.15) is 19.3 Å². The monoisotopic (exact) mass is 608 g/mol. The van der Waals surface area contributed by atoms with Gasteiger partial charge in [0.15, 0.2) is 11.4 Å². The zero-order chi connectivity index (χ0) is 29.4. The molecule has 2 aromatic carbocycles. The summed E-state index contributed by atoms with van der Waals surface area (Å²) in [4.78, 5) is 15.1. The second kappa shape index (κ2) is 9.47. The van der Waals surface area contributed by atoms with Crippen molar-refractivity contribution in [1.82, 2.24) is 14.8 Å². The summed E-state index contributed by atoms with van der Waals surface area (Å²) in [6, 6.07) is -2.13. The minimum absolute atomic E-state index is 0.264. The van der Waals surface area contributed by atoms with E-state index in [2.05, 4.69) is 9.89 Å². The van der Waals surface area contributed by atoms with Gasteiger partial charge in [-0.15, -0.1) is 0 Å². The zero-order valence-corrected chi connectivity index (χ0v) is 21.4. The molecule has 3 fully saturated rings. The molecule has 2 atom stereocenters. The van der Waals surface area contributed by atoms with Gasteiger partial charge in [0.2, 0.25) is 10.0 Å². The standard InChI is InChI=1S/C24H19F7N4O5S/c25-10-5-14(26)19(15(27)6-10)13-7-11(39-22(28)29)8-16-20(13)21(32-40-16)34-4-3-18-24(30,31)17(9-35(18)23(34)36)33-41(37,38)12-1-2-12/h5-8,12,17-18,22,33H,1-4,9H2/t17-,18-/m1/s1. The van der Waals surface area contributed by atoms with Crippen LogP contribution in [0.3, 0.4) is 0 Å². The van der Waals surface area contributed by atoms with Crippen molar-refractivity contribution in [3.05, 3.63) is 41.7 Å². The van der Waals surface area contributed by atoms with E-state index in [1.165, 1.54) is 0 Å². The van der Waals surface area contributed by atoms with Crippen molar-refractivity contribution in [2.75, 3.05) is 18.0 Å². The van der Waals surface area contributed by atoms with Gasteiger partial charge in [-0.3, -0.25) is 4.90 Å². The lowest BCUT2D eigenvalue weighted by Gasteiger charge is -2.37. The van der Waals surface area contributed by atoms with Gasteiger partial charge in [-0.05, 0) is 25.3 Å². The number of nitrogens with one attached hydrogen (secondary N) is 1. The second-order valence-corrected chi connectivity index (χ2v) is 11.9. The second-order valence-electron chi connectivity index (χ2n) is 9.95. The topological polar surface area (TPSA) is 105 Å². The van der Waals surface area contributed by atoms with Crippen LogP contribution in [-0.2, 0) is 10.0 Å². The Hall–Kier alpha value is -3.60. The SMILES string of the molecule is O=C1N(c2noc3cc(OC(F)F)cc(-c4c(F)cc(F)cc4F)c23)CC[C@H]2N1C[C@@H](NS(=O)(=O)C1CC1)C2(F)F. The van der Waals surface area contributed by atoms with Gasteiger partial charge in [-0.25, -0.2) is 39.9 Å². The summed E-state index contributed by atoms with van der Waals surface area (Å²) in [6.45, 7) is -4.40. The fourth-order valence-corrected chi connectivity index (χ4v) is 6.89. The Kier molecular flexibility index (Phi) is 6.37. The molecule has 2 saturated heterocycles. The summed E-state index contributed by atoms with van der Waals surface area (Å²) < 4.78 is 136. The van der Waals surface area contributed by atoms with Gasteiger partial charge in [0.25, 0.3) is 5.92 Å². The predicted octanol–water partition coefficient (Wildman–Crippen LogP) is 4.61. The Morgan fingerprint density at radius 3 is 2.39 bits per heavy atom. The molecule has 220 valence electrons. The van der Waals surface area contributed by atoms with E-state index in [0.29, 0.717) is 25.0 Å². The van der Waals surface area contributed by atoms with E-state index in [9.17, 15) is 35.2 Å². The van der Waals surface area contributed by atoms with Crippen LogP contribution in [0.5, 0.6) is 5.75 Å². The maximum atomic E-state index is 15.2. The van der Waals surface area contributed by atoms with Crippen molar-refractivity contribution in [1.29, 1.82) is 0 Å². The summed E-state index contributed by atoms with van der Waals surface area (Å²) in [5.74, 6) is -8.67. The molecule has 0 bridgehead atoms. The number of aromatic nitrogens is 1. The van der Waals surface area contributed by atoms with Crippen LogP contribution in [0.4, 0.5) is 41.3 Å². The molecule has 1 N–H and O–H groups in total. The van der Waals surface area contributed by atoms with E-state index in [0.717, 1.165) is 21.9 Å². The summed E-state index contributed by atoms with van der Waals surface area (Å²) in [6.07, 6.45) is 0.332. The van der Waals surface area contributed by atoms with E-state index >= 15 is 8.78 Å². The quantitative estimate of drug-likeness (QED) is 0.393. The fraction of sp³-hybridized carbons (Fsp3) is 0.417. The smallest absolute Gasteiger partial charge is 0.387 e. The number of carbonyl (C=O) groups is 1. The summed E-state index contributed by atoms with van der Waals surface area (Å²) >= 11 is 0. The van der Waals surface area contributed by atoms with Crippen LogP contribution in [0.2, 0.25) is 0 Å². The number of sulfonamides is 1. The number of ether oxygens (including phenoxy) is 1. The van der Waals surface area contributed by atoms with Crippen molar-refractivity contribution >= 4 is 32.8 Å². The Balaban J connectivity index is 1.41. The van der Waals surface area contributed by atoms with E-state index in [4.69, 9.17) is 4.52 Å². The average molecular weight is 608 g/mol. The van der Waals surface area contributed by atoms with E-state index in [1.807, 2.05) is 4.72 Å². The number of amides is 2. The number of alkyl halides is 4. The minimum atomic E-state index is -4.02. The number of hydrogen-bond donors (Lipinski definition) is 1. The third-order valence-electron chi connectivity index (χ3n) is 7.32. The van der Waals surface area contributed by atoms with Gasteiger partial charge >= 0.3 is 12.6 Å². The fourth-order valence-electron chi connectivity index (χ4n) is 5.32. The molecular weight excluding hydrogens is 589 g/mol. The number of anilines is 1. The van der Waals surface area contributed by atoms with Crippen molar-refractivity contribution in [3.63, 3.8) is 0 Å². The summed E-state index contributed by atoms with van der Waals surface area (Å²) in [5.41, 5.74) is -1.71. The number of fused-ring (bicyclic) bond motifs is 2. The normalized spacial score (nSPS) is 22.6. The van der Waals surface area contributed by atoms with Crippen LogP contribution in [0.25, 0.3) is 22.1 Å². The molecule has 0 radical (unpaired) electrons. The molecule has 3 aliphatic rings. The molecule has 6 rings (SSSR count). The first-order valence-electron chi connectivity index (χ1n) is 12.3. The first-order chi connectivity index (χ1) is 19.3. The van der Waals surface area contributed by atoms with Crippen LogP contribution >= 0.6 is 0 Å². The molecule has 1 aromatic heterocycles. The number of urea groups is 1. The maximum absolute atomic E-state index is 15.2.